The number of anilines is 1. The number of nitrogens with one attached hydrogen (secondary N) is 1. The van der Waals surface area contributed by atoms with Gasteiger partial charge in [0.05, 0.1) is 4.90 Å². The summed E-state index contributed by atoms with van der Waals surface area (Å²) in [7, 11) is -1.51. The van der Waals surface area contributed by atoms with E-state index in [0.29, 0.717) is 10.6 Å². The monoisotopic (exact) mass is 388 g/mol. The minimum Gasteiger partial charge on any atom is -0.490 e. The third kappa shape index (κ3) is 4.82. The summed E-state index contributed by atoms with van der Waals surface area (Å²) in [5.41, 5.74) is 3.09. The maximum absolute atomic E-state index is 12.8. The molecule has 0 aromatic heterocycles. The molecule has 0 atom stereocenters. The molecule has 0 unspecified atom stereocenters. The number of aryl methyl sites for hydroxylation is 3. The van der Waals surface area contributed by atoms with Gasteiger partial charge in [0.25, 0.3) is 10.0 Å². The van der Waals surface area contributed by atoms with Crippen LogP contribution in [0.15, 0.2) is 41.3 Å². The largest absolute Gasteiger partial charge is 0.490 e. The molecule has 0 saturated carbocycles. The van der Waals surface area contributed by atoms with E-state index in [-0.39, 0.29) is 6.10 Å². The van der Waals surface area contributed by atoms with E-state index >= 15 is 0 Å². The van der Waals surface area contributed by atoms with Crippen LogP contribution in [0.5, 0.6) is 5.75 Å². The fourth-order valence-electron chi connectivity index (χ4n) is 3.69. The molecular formula is C21H28N2O3S. The molecule has 0 amide bonds. The standard InChI is InChI=1S/C21H28N2O3S/c1-15-13-16(2)21(17(3)14-15)27(24,25)22-18-5-7-19(8-6-18)26-20-9-11-23(4)12-10-20/h5-8,13-14,20,22H,9-12H2,1-4H3. The summed E-state index contributed by atoms with van der Waals surface area (Å²) in [6, 6.07) is 10.9. The minimum atomic E-state index is -3.63. The molecule has 1 N–H and O–H groups in total. The zero-order valence-electron chi connectivity index (χ0n) is 16.5. The number of piperidine rings is 1. The highest BCUT2D eigenvalue weighted by molar-refractivity contribution is 7.92. The highest BCUT2D eigenvalue weighted by atomic mass is 32.2. The van der Waals surface area contributed by atoms with Crippen LogP contribution >= 0.6 is 0 Å². The van der Waals surface area contributed by atoms with E-state index in [2.05, 4.69) is 16.7 Å². The van der Waals surface area contributed by atoms with Crippen LogP contribution in [0.4, 0.5) is 5.69 Å². The van der Waals surface area contributed by atoms with Gasteiger partial charge in [0.1, 0.15) is 11.9 Å². The fourth-order valence-corrected chi connectivity index (χ4v) is 5.21. The van der Waals surface area contributed by atoms with Gasteiger partial charge < -0.3 is 9.64 Å². The first kappa shape index (κ1) is 19.7. The number of rotatable bonds is 5. The van der Waals surface area contributed by atoms with Gasteiger partial charge in [-0.15, -0.1) is 0 Å². The molecule has 5 nitrogen and oxygen atoms in total. The fraction of sp³-hybridized carbons (Fsp3) is 0.429. The third-order valence-corrected chi connectivity index (χ3v) is 6.63. The molecule has 27 heavy (non-hydrogen) atoms. The van der Waals surface area contributed by atoms with Crippen LogP contribution in [0.1, 0.15) is 29.5 Å². The Balaban J connectivity index is 1.71. The number of likely N-dealkylation sites (tertiary alicyclic amines) is 1. The molecule has 3 rings (SSSR count). The van der Waals surface area contributed by atoms with Crippen LogP contribution in [-0.2, 0) is 10.0 Å². The lowest BCUT2D eigenvalue weighted by atomic mass is 10.1. The van der Waals surface area contributed by atoms with Crippen LogP contribution in [-0.4, -0.2) is 39.6 Å². The van der Waals surface area contributed by atoms with Crippen molar-refractivity contribution < 1.29 is 13.2 Å². The van der Waals surface area contributed by atoms with E-state index in [0.717, 1.165) is 48.4 Å². The van der Waals surface area contributed by atoms with Crippen molar-refractivity contribution in [3.8, 4) is 5.75 Å². The first-order chi connectivity index (χ1) is 12.7. The Morgan fingerprint density at radius 1 is 1.00 bits per heavy atom. The van der Waals surface area contributed by atoms with Crippen molar-refractivity contribution in [2.75, 3.05) is 24.9 Å². The quantitative estimate of drug-likeness (QED) is 0.844. The van der Waals surface area contributed by atoms with Gasteiger partial charge >= 0.3 is 0 Å². The van der Waals surface area contributed by atoms with E-state index in [4.69, 9.17) is 4.74 Å². The molecule has 2 aromatic carbocycles. The molecular weight excluding hydrogens is 360 g/mol. The van der Waals surface area contributed by atoms with Gasteiger partial charge in [-0.3, -0.25) is 4.72 Å². The van der Waals surface area contributed by atoms with Crippen LogP contribution in [0.25, 0.3) is 0 Å². The summed E-state index contributed by atoms with van der Waals surface area (Å²) in [4.78, 5) is 2.65. The molecule has 1 fully saturated rings. The Hall–Kier alpha value is -2.05. The van der Waals surface area contributed by atoms with Gasteiger partial charge in [0.15, 0.2) is 0 Å². The number of nitrogens with zero attached hydrogens (tertiary/aromatic N) is 1. The summed E-state index contributed by atoms with van der Waals surface area (Å²) in [6.07, 6.45) is 2.25. The average Bonchev–Trinajstić information content (AvgIpc) is 2.57. The SMILES string of the molecule is Cc1cc(C)c(S(=O)(=O)Nc2ccc(OC3CCN(C)CC3)cc2)c(C)c1. The normalized spacial score (nSPS) is 16.3. The lowest BCUT2D eigenvalue weighted by molar-refractivity contribution is 0.114. The summed E-state index contributed by atoms with van der Waals surface area (Å²) < 4.78 is 34.4. The Kier molecular flexibility index (Phi) is 5.77. The molecule has 1 saturated heterocycles. The Bertz CT molecular complexity index is 877. The number of sulfonamides is 1. The average molecular weight is 389 g/mol. The van der Waals surface area contributed by atoms with E-state index < -0.39 is 10.0 Å². The number of ether oxygens (including phenoxy) is 1. The molecule has 1 heterocycles. The molecule has 2 aromatic rings. The first-order valence-electron chi connectivity index (χ1n) is 9.30. The van der Waals surface area contributed by atoms with Crippen molar-refractivity contribution in [2.24, 2.45) is 0 Å². The summed E-state index contributed by atoms with van der Waals surface area (Å²) in [5, 5.41) is 0. The van der Waals surface area contributed by atoms with Crippen molar-refractivity contribution in [2.45, 2.75) is 44.6 Å². The highest BCUT2D eigenvalue weighted by Gasteiger charge is 2.21. The predicted octanol–water partition coefficient (Wildman–Crippen LogP) is 3.89. The van der Waals surface area contributed by atoms with Crippen LogP contribution in [0.2, 0.25) is 0 Å². The minimum absolute atomic E-state index is 0.224. The lowest BCUT2D eigenvalue weighted by Gasteiger charge is -2.29. The first-order valence-corrected chi connectivity index (χ1v) is 10.8. The highest BCUT2D eigenvalue weighted by Crippen LogP contribution is 2.26. The number of hydrogen-bond donors (Lipinski definition) is 1. The van der Waals surface area contributed by atoms with Gasteiger partial charge in [-0.2, -0.15) is 0 Å². The van der Waals surface area contributed by atoms with Crippen LogP contribution in [0.3, 0.4) is 0 Å². The van der Waals surface area contributed by atoms with E-state index in [1.165, 1.54) is 0 Å². The van der Waals surface area contributed by atoms with Crippen molar-refractivity contribution in [1.82, 2.24) is 4.90 Å². The van der Waals surface area contributed by atoms with Gasteiger partial charge in [0.2, 0.25) is 0 Å². The summed E-state index contributed by atoms with van der Waals surface area (Å²) in [6.45, 7) is 7.70. The van der Waals surface area contributed by atoms with Gasteiger partial charge in [0, 0.05) is 18.8 Å². The maximum atomic E-state index is 12.8. The molecule has 6 heteroatoms. The van der Waals surface area contributed by atoms with Crippen LogP contribution < -0.4 is 9.46 Å². The molecule has 0 radical (unpaired) electrons. The molecule has 0 spiro atoms. The Morgan fingerprint density at radius 2 is 1.56 bits per heavy atom. The van der Waals surface area contributed by atoms with Crippen molar-refractivity contribution in [3.63, 3.8) is 0 Å². The maximum Gasteiger partial charge on any atom is 0.262 e. The van der Waals surface area contributed by atoms with E-state index in [1.807, 2.05) is 45.0 Å². The number of hydrogen-bond acceptors (Lipinski definition) is 4. The number of benzene rings is 2. The second kappa shape index (κ2) is 7.90. The molecule has 1 aliphatic rings. The molecule has 1 aliphatic heterocycles. The zero-order valence-corrected chi connectivity index (χ0v) is 17.3. The van der Waals surface area contributed by atoms with Gasteiger partial charge in [-0.25, -0.2) is 8.42 Å². The van der Waals surface area contributed by atoms with Crippen LogP contribution in [0, 0.1) is 20.8 Å². The lowest BCUT2D eigenvalue weighted by Crippen LogP contribution is -2.35. The van der Waals surface area contributed by atoms with Gasteiger partial charge in [-0.05, 0) is 76.1 Å². The second-order valence-corrected chi connectivity index (χ2v) is 9.10. The van der Waals surface area contributed by atoms with Crippen molar-refractivity contribution in [3.05, 3.63) is 53.1 Å². The van der Waals surface area contributed by atoms with E-state index in [1.54, 1.807) is 12.1 Å². The Morgan fingerprint density at radius 3 is 2.11 bits per heavy atom. The smallest absolute Gasteiger partial charge is 0.262 e. The Labute approximate surface area is 162 Å². The van der Waals surface area contributed by atoms with Crippen molar-refractivity contribution in [1.29, 1.82) is 0 Å². The summed E-state index contributed by atoms with van der Waals surface area (Å²) in [5.74, 6) is 0.773. The predicted molar refractivity (Wildman–Crippen MR) is 109 cm³/mol. The second-order valence-electron chi connectivity index (χ2n) is 7.48. The van der Waals surface area contributed by atoms with E-state index in [9.17, 15) is 8.42 Å². The van der Waals surface area contributed by atoms with Gasteiger partial charge in [-0.1, -0.05) is 17.7 Å². The molecule has 0 aliphatic carbocycles. The molecule has 146 valence electrons. The summed E-state index contributed by atoms with van der Waals surface area (Å²) >= 11 is 0. The molecule has 0 bridgehead atoms. The zero-order chi connectivity index (χ0) is 19.6. The van der Waals surface area contributed by atoms with Crippen molar-refractivity contribution >= 4 is 15.7 Å². The third-order valence-electron chi connectivity index (χ3n) is 4.95. The topological polar surface area (TPSA) is 58.6 Å².